The highest BCUT2D eigenvalue weighted by Gasteiger charge is 2.34. The van der Waals surface area contributed by atoms with Gasteiger partial charge < -0.3 is 18.9 Å². The molecule has 0 unspecified atom stereocenters. The molecule has 244 valence electrons. The van der Waals surface area contributed by atoms with E-state index in [0.29, 0.717) is 43.4 Å². The fourth-order valence-electron chi connectivity index (χ4n) is 5.09. The van der Waals surface area contributed by atoms with E-state index in [9.17, 15) is 19.7 Å². The molecular formula is C34H32BrN3O8S. The van der Waals surface area contributed by atoms with E-state index in [1.165, 1.54) is 35.1 Å². The molecule has 0 N–H and O–H groups in total. The first-order valence-corrected chi connectivity index (χ1v) is 16.3. The highest BCUT2D eigenvalue weighted by Crippen LogP contribution is 2.36. The molecule has 47 heavy (non-hydrogen) atoms. The number of carbonyl (C=O) groups is 1. The second-order valence-electron chi connectivity index (χ2n) is 10.8. The van der Waals surface area contributed by atoms with E-state index < -0.39 is 16.9 Å². The molecule has 2 heterocycles. The van der Waals surface area contributed by atoms with E-state index in [2.05, 4.69) is 20.9 Å². The van der Waals surface area contributed by atoms with Gasteiger partial charge in [0.15, 0.2) is 16.3 Å². The Labute approximate surface area is 282 Å². The minimum absolute atomic E-state index is 0.00797. The van der Waals surface area contributed by atoms with Crippen molar-refractivity contribution < 1.29 is 28.7 Å². The van der Waals surface area contributed by atoms with Gasteiger partial charge in [0.25, 0.3) is 11.2 Å². The van der Waals surface area contributed by atoms with Crippen LogP contribution in [-0.2, 0) is 16.1 Å². The Balaban J connectivity index is 1.60. The number of hydrogen-bond acceptors (Lipinski definition) is 10. The molecule has 1 aliphatic heterocycles. The first kappa shape index (κ1) is 33.6. The molecule has 1 aromatic heterocycles. The summed E-state index contributed by atoms with van der Waals surface area (Å²) in [5.74, 6) is 0.930. The number of thiazole rings is 1. The number of ether oxygens (including phenoxy) is 4. The van der Waals surface area contributed by atoms with Crippen molar-refractivity contribution >= 4 is 45.0 Å². The molecule has 0 radical (unpaired) electrons. The number of halogens is 1. The number of aromatic nitrogens is 1. The van der Waals surface area contributed by atoms with Crippen LogP contribution in [0.3, 0.4) is 0 Å². The average molecular weight is 723 g/mol. The molecule has 1 aliphatic rings. The minimum atomic E-state index is -0.838. The Bertz CT molecular complexity index is 2050. The minimum Gasteiger partial charge on any atom is -0.493 e. The highest BCUT2D eigenvalue weighted by atomic mass is 79.9. The van der Waals surface area contributed by atoms with Gasteiger partial charge in [0.2, 0.25) is 0 Å². The average Bonchev–Trinajstić information content (AvgIpc) is 3.33. The summed E-state index contributed by atoms with van der Waals surface area (Å²) >= 11 is 4.70. The third kappa shape index (κ3) is 7.31. The van der Waals surface area contributed by atoms with Gasteiger partial charge in [-0.2, -0.15) is 0 Å². The van der Waals surface area contributed by atoms with Crippen molar-refractivity contribution in [3.63, 3.8) is 0 Å². The number of hydrogen-bond donors (Lipinski definition) is 0. The summed E-state index contributed by atoms with van der Waals surface area (Å²) in [6.07, 6.45) is 1.63. The summed E-state index contributed by atoms with van der Waals surface area (Å²) < 4.78 is 25.7. The van der Waals surface area contributed by atoms with Crippen LogP contribution < -0.4 is 29.1 Å². The molecule has 0 aliphatic carbocycles. The van der Waals surface area contributed by atoms with Crippen molar-refractivity contribution in [2.24, 2.45) is 4.99 Å². The number of nitrogens with zero attached hydrogens (tertiary/aromatic N) is 3. The summed E-state index contributed by atoms with van der Waals surface area (Å²) in [6, 6.07) is 16.0. The summed E-state index contributed by atoms with van der Waals surface area (Å²) in [7, 11) is 1.53. The van der Waals surface area contributed by atoms with Gasteiger partial charge in [0.1, 0.15) is 12.4 Å². The van der Waals surface area contributed by atoms with E-state index in [1.807, 2.05) is 26.0 Å². The second kappa shape index (κ2) is 14.3. The number of nitro groups is 1. The lowest BCUT2D eigenvalue weighted by molar-refractivity contribution is -0.384. The summed E-state index contributed by atoms with van der Waals surface area (Å²) in [5, 5.41) is 11.0. The van der Waals surface area contributed by atoms with Crippen LogP contribution in [0.25, 0.3) is 6.08 Å². The zero-order chi connectivity index (χ0) is 33.8. The lowest BCUT2D eigenvalue weighted by Gasteiger charge is -2.25. The fourth-order valence-corrected chi connectivity index (χ4v) is 6.51. The van der Waals surface area contributed by atoms with Crippen LogP contribution >= 0.6 is 27.3 Å². The van der Waals surface area contributed by atoms with Gasteiger partial charge in [-0.25, -0.2) is 9.79 Å². The van der Waals surface area contributed by atoms with E-state index in [4.69, 9.17) is 18.9 Å². The monoisotopic (exact) mass is 721 g/mol. The molecule has 0 amide bonds. The number of allylic oxidation sites excluding steroid dienone is 1. The molecule has 0 bridgehead atoms. The van der Waals surface area contributed by atoms with Gasteiger partial charge in [0.05, 0.1) is 46.6 Å². The first-order chi connectivity index (χ1) is 22.5. The normalized spacial score (nSPS) is 14.4. The molecule has 3 aromatic carbocycles. The van der Waals surface area contributed by atoms with Crippen molar-refractivity contribution in [3.8, 4) is 17.2 Å². The van der Waals surface area contributed by atoms with Crippen molar-refractivity contribution in [2.45, 2.75) is 46.4 Å². The van der Waals surface area contributed by atoms with E-state index in [1.54, 1.807) is 56.3 Å². The Kier molecular flexibility index (Phi) is 10.3. The Morgan fingerprint density at radius 1 is 1.11 bits per heavy atom. The maximum atomic E-state index is 14.2. The quantitative estimate of drug-likeness (QED) is 0.107. The topological polar surface area (TPSA) is 131 Å². The van der Waals surface area contributed by atoms with Crippen LogP contribution in [0.2, 0.25) is 0 Å². The van der Waals surface area contributed by atoms with Crippen molar-refractivity contribution in [1.82, 2.24) is 4.57 Å². The van der Waals surface area contributed by atoms with E-state index >= 15 is 0 Å². The van der Waals surface area contributed by atoms with Gasteiger partial charge in [-0.05, 0) is 87.4 Å². The Morgan fingerprint density at radius 3 is 2.49 bits per heavy atom. The van der Waals surface area contributed by atoms with E-state index in [-0.39, 0.29) is 36.1 Å². The predicted molar refractivity (Wildman–Crippen MR) is 181 cm³/mol. The lowest BCUT2D eigenvalue weighted by Crippen LogP contribution is -2.40. The number of nitro benzene ring substituents is 1. The maximum Gasteiger partial charge on any atom is 0.338 e. The molecule has 0 spiro atoms. The standard InChI is InChI=1S/C34H32BrN3O8S/c1-6-44-33(40)30-20(4)36-34-37(31(30)22-9-13-27(46-19(2)3)28(16-22)43-5)32(39)29(47-34)17-23-15-24(35)10-14-26(23)45-18-21-7-11-25(12-8-21)38(41)42/h7-17,19,31H,6,18H2,1-5H3/b29-17-/t31-/m0/s1. The van der Waals surface area contributed by atoms with Crippen molar-refractivity contribution in [2.75, 3.05) is 13.7 Å². The van der Waals surface area contributed by atoms with Gasteiger partial charge in [-0.15, -0.1) is 0 Å². The molecule has 1 atom stereocenters. The van der Waals surface area contributed by atoms with Crippen LogP contribution in [0.4, 0.5) is 5.69 Å². The molecule has 0 saturated heterocycles. The Hall–Kier alpha value is -4.75. The molecule has 11 nitrogen and oxygen atoms in total. The zero-order valence-corrected chi connectivity index (χ0v) is 28.7. The number of non-ortho nitro benzene ring substituents is 1. The molecule has 0 fully saturated rings. The number of esters is 1. The summed E-state index contributed by atoms with van der Waals surface area (Å²) in [5.41, 5.74) is 2.32. The van der Waals surface area contributed by atoms with Gasteiger partial charge in [-0.1, -0.05) is 33.3 Å². The third-order valence-corrected chi connectivity index (χ3v) is 8.66. The van der Waals surface area contributed by atoms with Gasteiger partial charge in [-0.3, -0.25) is 19.5 Å². The lowest BCUT2D eigenvalue weighted by atomic mass is 9.95. The molecule has 4 aromatic rings. The fraction of sp³-hybridized carbons (Fsp3) is 0.265. The van der Waals surface area contributed by atoms with Crippen LogP contribution in [0.15, 0.2) is 86.2 Å². The van der Waals surface area contributed by atoms with Crippen LogP contribution in [0.1, 0.15) is 50.4 Å². The van der Waals surface area contributed by atoms with Crippen LogP contribution in [0.5, 0.6) is 17.2 Å². The number of methoxy groups -OCH3 is 1. The van der Waals surface area contributed by atoms with Crippen molar-refractivity contribution in [3.05, 3.63) is 123 Å². The number of benzene rings is 3. The predicted octanol–water partition coefficient (Wildman–Crippen LogP) is 5.84. The Morgan fingerprint density at radius 2 is 1.83 bits per heavy atom. The largest absolute Gasteiger partial charge is 0.493 e. The van der Waals surface area contributed by atoms with E-state index in [0.717, 1.165) is 10.0 Å². The molecule has 5 rings (SSSR count). The highest BCUT2D eigenvalue weighted by molar-refractivity contribution is 9.10. The zero-order valence-electron chi connectivity index (χ0n) is 26.3. The third-order valence-electron chi connectivity index (χ3n) is 7.18. The maximum absolute atomic E-state index is 14.2. The van der Waals surface area contributed by atoms with Gasteiger partial charge >= 0.3 is 5.97 Å². The SMILES string of the molecule is CCOC(=O)C1=C(C)N=c2s/c(=C\c3cc(Br)ccc3OCc3ccc([N+](=O)[O-])cc3)c(=O)n2[C@H]1c1ccc(OC(C)C)c(OC)c1. The number of rotatable bonds is 11. The molecular weight excluding hydrogens is 690 g/mol. The summed E-state index contributed by atoms with van der Waals surface area (Å²) in [4.78, 5) is 43.2. The smallest absolute Gasteiger partial charge is 0.338 e. The second-order valence-corrected chi connectivity index (χ2v) is 12.7. The van der Waals surface area contributed by atoms with Crippen molar-refractivity contribution in [1.29, 1.82) is 0 Å². The van der Waals surface area contributed by atoms with Crippen LogP contribution in [-0.4, -0.2) is 35.3 Å². The molecule has 0 saturated carbocycles. The van der Waals surface area contributed by atoms with Gasteiger partial charge in [0, 0.05) is 22.2 Å². The molecule has 13 heteroatoms. The number of fused-ring (bicyclic) bond motifs is 1. The summed E-state index contributed by atoms with van der Waals surface area (Å²) in [6.45, 7) is 7.58. The number of carbonyl (C=O) groups excluding carboxylic acids is 1. The first-order valence-electron chi connectivity index (χ1n) is 14.7. The van der Waals surface area contributed by atoms with Crippen LogP contribution in [0, 0.1) is 10.1 Å².